The van der Waals surface area contributed by atoms with Crippen LogP contribution in [0.2, 0.25) is 0 Å². The van der Waals surface area contributed by atoms with Crippen LogP contribution in [-0.2, 0) is 10.8 Å². The molecule has 0 saturated carbocycles. The van der Waals surface area contributed by atoms with E-state index in [1.165, 1.54) is 55.6 Å². The number of para-hydroxylation sites is 8. The standard InChI is InChI=1S/C76H54N6/c1-75(2)61-43-51(35-39-57(61)59-41-37-53(45-63(59)75)73-79-67-23-13-15-25-69(67)81(73)55-17-7-5-8-18-55)47-27-31-49(32-28-47)71-72(78-66-22-12-11-21-65(66)77-71)50-33-29-48(30-34-50)52-36-40-58-60-42-38-54(46-64(60)76(3,4)62(58)44-52)74-80-68-24-14-16-26-70(68)82(74)56-19-9-6-10-20-56/h5-46H,1-4H3. The highest BCUT2D eigenvalue weighted by Gasteiger charge is 2.38. The Balaban J connectivity index is 0.693. The van der Waals surface area contributed by atoms with Crippen molar-refractivity contribution in [3.8, 4) is 101 Å². The first-order valence-electron chi connectivity index (χ1n) is 28.3. The average Bonchev–Trinajstić information content (AvgIpc) is 4.13. The van der Waals surface area contributed by atoms with E-state index in [2.05, 4.69) is 279 Å². The predicted molar refractivity (Wildman–Crippen MR) is 337 cm³/mol. The zero-order valence-corrected chi connectivity index (χ0v) is 45.9. The van der Waals surface area contributed by atoms with Gasteiger partial charge in [0.05, 0.1) is 44.5 Å². The van der Waals surface area contributed by atoms with Crippen molar-refractivity contribution in [2.24, 2.45) is 0 Å². The Morgan fingerprint density at radius 2 is 0.549 bits per heavy atom. The fraction of sp³-hybridized carbons (Fsp3) is 0.0789. The summed E-state index contributed by atoms with van der Waals surface area (Å²) in [6.45, 7) is 9.42. The molecule has 14 aromatic rings. The van der Waals surface area contributed by atoms with Crippen molar-refractivity contribution in [3.63, 3.8) is 0 Å². The maximum Gasteiger partial charge on any atom is 0.145 e. The Hall–Kier alpha value is -10.3. The van der Waals surface area contributed by atoms with Gasteiger partial charge in [-0.1, -0.05) is 198 Å². The summed E-state index contributed by atoms with van der Waals surface area (Å²) in [5.41, 5.74) is 28.6. The minimum absolute atomic E-state index is 0.231. The van der Waals surface area contributed by atoms with E-state index in [9.17, 15) is 0 Å². The van der Waals surface area contributed by atoms with Gasteiger partial charge in [0.25, 0.3) is 0 Å². The molecule has 0 spiro atoms. The minimum atomic E-state index is -0.231. The summed E-state index contributed by atoms with van der Waals surface area (Å²) in [4.78, 5) is 21.0. The molecule has 0 atom stereocenters. The van der Waals surface area contributed by atoms with Gasteiger partial charge >= 0.3 is 0 Å². The SMILES string of the molecule is CC1(C)c2cc(-c3ccc(-c4nc5ccccc5nc4-c4ccc(-c5ccc6c(c5)C(C)(C)c5cc(-c7nc8ccccc8n7-c7ccccc7)ccc5-6)cc4)cc3)ccc2-c2ccc(-c3nc4ccccc4n3-c3ccccc3)cc21. The second-order valence-electron chi connectivity index (χ2n) is 23.0. The highest BCUT2D eigenvalue weighted by atomic mass is 15.1. The Bertz CT molecular complexity index is 4580. The Morgan fingerprint density at radius 3 is 0.927 bits per heavy atom. The lowest BCUT2D eigenvalue weighted by Gasteiger charge is -2.23. The third-order valence-electron chi connectivity index (χ3n) is 17.6. The van der Waals surface area contributed by atoms with E-state index < -0.39 is 0 Å². The number of hydrogen-bond acceptors (Lipinski definition) is 4. The molecular formula is C76H54N6. The molecule has 11 aromatic carbocycles. The molecule has 82 heavy (non-hydrogen) atoms. The number of nitrogens with zero attached hydrogens (tertiary/aromatic N) is 6. The van der Waals surface area contributed by atoms with Gasteiger partial charge in [0.2, 0.25) is 0 Å². The summed E-state index contributed by atoms with van der Waals surface area (Å²) < 4.78 is 4.57. The molecule has 6 heteroatoms. The van der Waals surface area contributed by atoms with Crippen LogP contribution in [-0.4, -0.2) is 29.1 Å². The number of benzene rings is 11. The van der Waals surface area contributed by atoms with E-state index >= 15 is 0 Å². The van der Waals surface area contributed by atoms with Crippen molar-refractivity contribution in [3.05, 3.63) is 277 Å². The summed E-state index contributed by atoms with van der Waals surface area (Å²) in [7, 11) is 0. The third kappa shape index (κ3) is 7.41. The number of imidazole rings is 2. The maximum absolute atomic E-state index is 5.32. The van der Waals surface area contributed by atoms with Gasteiger partial charge in [0.15, 0.2) is 0 Å². The molecule has 6 nitrogen and oxygen atoms in total. The third-order valence-corrected chi connectivity index (χ3v) is 17.6. The molecule has 0 aliphatic heterocycles. The molecule has 0 fully saturated rings. The van der Waals surface area contributed by atoms with E-state index in [0.717, 1.165) is 101 Å². The first-order valence-corrected chi connectivity index (χ1v) is 28.3. The average molecular weight is 1050 g/mol. The lowest BCUT2D eigenvalue weighted by molar-refractivity contribution is 0.660. The van der Waals surface area contributed by atoms with Crippen molar-refractivity contribution in [1.82, 2.24) is 29.1 Å². The molecule has 16 rings (SSSR count). The van der Waals surface area contributed by atoms with Crippen LogP contribution in [0.25, 0.3) is 134 Å². The largest absolute Gasteiger partial charge is 0.292 e. The van der Waals surface area contributed by atoms with E-state index in [0.29, 0.717) is 0 Å². The van der Waals surface area contributed by atoms with E-state index in [1.807, 2.05) is 12.1 Å². The summed E-state index contributed by atoms with van der Waals surface area (Å²) >= 11 is 0. The highest BCUT2D eigenvalue weighted by Crippen LogP contribution is 2.53. The second-order valence-corrected chi connectivity index (χ2v) is 23.0. The number of fused-ring (bicyclic) bond motifs is 9. The smallest absolute Gasteiger partial charge is 0.145 e. The van der Waals surface area contributed by atoms with Crippen molar-refractivity contribution in [1.29, 1.82) is 0 Å². The predicted octanol–water partition coefficient (Wildman–Crippen LogP) is 18.9. The molecule has 2 aliphatic rings. The van der Waals surface area contributed by atoms with Gasteiger partial charge < -0.3 is 0 Å². The first-order chi connectivity index (χ1) is 40.1. The minimum Gasteiger partial charge on any atom is -0.292 e. The molecular weight excluding hydrogens is 997 g/mol. The molecule has 0 radical (unpaired) electrons. The van der Waals surface area contributed by atoms with Gasteiger partial charge in [-0.2, -0.15) is 0 Å². The molecule has 388 valence electrons. The fourth-order valence-electron chi connectivity index (χ4n) is 13.3. The van der Waals surface area contributed by atoms with Crippen molar-refractivity contribution in [2.45, 2.75) is 38.5 Å². The van der Waals surface area contributed by atoms with Crippen LogP contribution < -0.4 is 0 Å². The van der Waals surface area contributed by atoms with Crippen LogP contribution in [0, 0.1) is 0 Å². The van der Waals surface area contributed by atoms with Gasteiger partial charge in [-0.15, -0.1) is 0 Å². The Morgan fingerprint density at radius 1 is 0.256 bits per heavy atom. The van der Waals surface area contributed by atoms with Gasteiger partial charge in [-0.3, -0.25) is 9.13 Å². The number of aromatic nitrogens is 6. The molecule has 0 bridgehead atoms. The van der Waals surface area contributed by atoms with Gasteiger partial charge in [-0.05, 0) is 152 Å². The molecule has 2 aliphatic carbocycles. The van der Waals surface area contributed by atoms with Crippen molar-refractivity contribution >= 4 is 33.1 Å². The summed E-state index contributed by atoms with van der Waals surface area (Å²) in [6.07, 6.45) is 0. The van der Waals surface area contributed by atoms with Crippen LogP contribution in [0.3, 0.4) is 0 Å². The van der Waals surface area contributed by atoms with Crippen molar-refractivity contribution in [2.75, 3.05) is 0 Å². The number of hydrogen-bond donors (Lipinski definition) is 0. The van der Waals surface area contributed by atoms with Crippen molar-refractivity contribution < 1.29 is 0 Å². The van der Waals surface area contributed by atoms with Crippen LogP contribution in [0.5, 0.6) is 0 Å². The zero-order chi connectivity index (χ0) is 54.8. The fourth-order valence-corrected chi connectivity index (χ4v) is 13.3. The first kappa shape index (κ1) is 47.7. The van der Waals surface area contributed by atoms with E-state index in [1.54, 1.807) is 0 Å². The molecule has 3 heterocycles. The Kier molecular flexibility index (Phi) is 10.5. The summed E-state index contributed by atoms with van der Waals surface area (Å²) in [5, 5.41) is 0. The van der Waals surface area contributed by atoms with Gasteiger partial charge in [0, 0.05) is 44.5 Å². The Labute approximate surface area is 476 Å². The van der Waals surface area contributed by atoms with E-state index in [4.69, 9.17) is 19.9 Å². The monoisotopic (exact) mass is 1050 g/mol. The second kappa shape index (κ2) is 18.1. The topological polar surface area (TPSA) is 61.4 Å². The summed E-state index contributed by atoms with van der Waals surface area (Å²) in [5.74, 6) is 1.89. The quantitative estimate of drug-likeness (QED) is 0.152. The lowest BCUT2D eigenvalue weighted by atomic mass is 9.81. The molecule has 0 saturated heterocycles. The van der Waals surface area contributed by atoms with Crippen LogP contribution in [0.1, 0.15) is 49.9 Å². The molecule has 0 unspecified atom stereocenters. The maximum atomic E-state index is 5.32. The van der Waals surface area contributed by atoms with Crippen LogP contribution in [0.15, 0.2) is 255 Å². The van der Waals surface area contributed by atoms with Gasteiger partial charge in [-0.25, -0.2) is 19.9 Å². The van der Waals surface area contributed by atoms with Crippen LogP contribution >= 0.6 is 0 Å². The molecule has 3 aromatic heterocycles. The molecule has 0 N–H and O–H groups in total. The lowest BCUT2D eigenvalue weighted by Crippen LogP contribution is -2.15. The van der Waals surface area contributed by atoms with Gasteiger partial charge in [0.1, 0.15) is 11.6 Å². The zero-order valence-electron chi connectivity index (χ0n) is 45.9. The number of rotatable bonds is 8. The highest BCUT2D eigenvalue weighted by molar-refractivity contribution is 5.92. The van der Waals surface area contributed by atoms with E-state index in [-0.39, 0.29) is 10.8 Å². The molecule has 0 amide bonds. The summed E-state index contributed by atoms with van der Waals surface area (Å²) in [6, 6.07) is 91.6. The van der Waals surface area contributed by atoms with Crippen LogP contribution in [0.4, 0.5) is 0 Å². The normalized spacial score (nSPS) is 13.6.